The molecule has 2 N–H and O–H groups in total. The predicted octanol–water partition coefficient (Wildman–Crippen LogP) is 0.962. The predicted molar refractivity (Wildman–Crippen MR) is 46.4 cm³/mol. The lowest BCUT2D eigenvalue weighted by molar-refractivity contribution is 0.151. The molecule has 1 saturated heterocycles. The van der Waals surface area contributed by atoms with Crippen molar-refractivity contribution in [1.29, 1.82) is 0 Å². The van der Waals surface area contributed by atoms with Crippen LogP contribution in [0.1, 0.15) is 32.1 Å². The maximum absolute atomic E-state index is 6.17. The minimum absolute atomic E-state index is 0.217. The van der Waals surface area contributed by atoms with Gasteiger partial charge in [-0.3, -0.25) is 0 Å². The maximum Gasteiger partial charge on any atom is 0.0313 e. The number of rotatable bonds is 1. The molecular weight excluding hydrogens is 136 g/mol. The lowest BCUT2D eigenvalue weighted by atomic mass is 9.95. The van der Waals surface area contributed by atoms with Gasteiger partial charge in [0.15, 0.2) is 0 Å². The van der Waals surface area contributed by atoms with Crippen molar-refractivity contribution in [2.45, 2.75) is 43.7 Å². The first-order chi connectivity index (χ1) is 5.22. The Labute approximate surface area is 68.7 Å². The van der Waals surface area contributed by atoms with Crippen molar-refractivity contribution in [3.63, 3.8) is 0 Å². The number of nitrogens with two attached hydrogens (primary N) is 1. The fourth-order valence-corrected chi connectivity index (χ4v) is 2.28. The lowest BCUT2D eigenvalue weighted by Gasteiger charge is -2.36. The van der Waals surface area contributed by atoms with Gasteiger partial charge in [0.05, 0.1) is 0 Å². The minimum Gasteiger partial charge on any atom is -0.324 e. The summed E-state index contributed by atoms with van der Waals surface area (Å²) in [6.07, 6.45) is 6.58. The van der Waals surface area contributed by atoms with Gasteiger partial charge >= 0.3 is 0 Å². The van der Waals surface area contributed by atoms with Gasteiger partial charge in [0.1, 0.15) is 0 Å². The number of hydrogen-bond donors (Lipinski definition) is 1. The summed E-state index contributed by atoms with van der Waals surface area (Å²) in [6.45, 7) is 1.25. The number of nitrogens with zero attached hydrogens (tertiary/aromatic N) is 1. The zero-order valence-corrected chi connectivity index (χ0v) is 7.34. The molecule has 11 heavy (non-hydrogen) atoms. The fraction of sp³-hybridized carbons (Fsp3) is 1.00. The largest absolute Gasteiger partial charge is 0.324 e. The Kier molecular flexibility index (Phi) is 1.69. The molecule has 2 heteroatoms. The first kappa shape index (κ1) is 7.56. The normalized spacial score (nSPS) is 37.1. The summed E-state index contributed by atoms with van der Waals surface area (Å²) in [5, 5.41) is 0. The van der Waals surface area contributed by atoms with E-state index < -0.39 is 0 Å². The van der Waals surface area contributed by atoms with Crippen LogP contribution in [0.3, 0.4) is 0 Å². The van der Waals surface area contributed by atoms with Gasteiger partial charge in [0.2, 0.25) is 0 Å². The van der Waals surface area contributed by atoms with Crippen LogP contribution in [0.25, 0.3) is 0 Å². The Balaban J connectivity index is 1.99. The number of likely N-dealkylation sites (tertiary alicyclic amines) is 1. The third-order valence-electron chi connectivity index (χ3n) is 3.26. The van der Waals surface area contributed by atoms with Gasteiger partial charge in [-0.25, -0.2) is 0 Å². The van der Waals surface area contributed by atoms with E-state index in [0.717, 1.165) is 0 Å². The zero-order valence-electron chi connectivity index (χ0n) is 7.34. The van der Waals surface area contributed by atoms with E-state index in [1.165, 1.54) is 38.6 Å². The summed E-state index contributed by atoms with van der Waals surface area (Å²) in [6, 6.07) is 0.691. The molecule has 1 atom stereocenters. The molecule has 64 valence electrons. The third-order valence-corrected chi connectivity index (χ3v) is 3.26. The van der Waals surface area contributed by atoms with Crippen LogP contribution >= 0.6 is 0 Å². The second-order valence-corrected chi connectivity index (χ2v) is 4.23. The van der Waals surface area contributed by atoms with Gasteiger partial charge in [-0.2, -0.15) is 0 Å². The monoisotopic (exact) mass is 154 g/mol. The van der Waals surface area contributed by atoms with Crippen molar-refractivity contribution < 1.29 is 0 Å². The van der Waals surface area contributed by atoms with Crippen molar-refractivity contribution >= 4 is 0 Å². The van der Waals surface area contributed by atoms with E-state index in [9.17, 15) is 0 Å². The van der Waals surface area contributed by atoms with Crippen LogP contribution < -0.4 is 5.73 Å². The quantitative estimate of drug-likeness (QED) is 0.609. The molecule has 0 bridgehead atoms. The second-order valence-electron chi connectivity index (χ2n) is 4.23. The first-order valence-electron chi connectivity index (χ1n) is 4.71. The molecule has 2 nitrogen and oxygen atoms in total. The van der Waals surface area contributed by atoms with Gasteiger partial charge in [-0.05, 0) is 39.3 Å². The summed E-state index contributed by atoms with van der Waals surface area (Å²) in [4.78, 5) is 2.45. The SMILES string of the molecule is CN1CCCCC1C1(N)CC1. The van der Waals surface area contributed by atoms with Gasteiger partial charge in [0, 0.05) is 11.6 Å². The second kappa shape index (κ2) is 2.46. The van der Waals surface area contributed by atoms with Gasteiger partial charge in [0.25, 0.3) is 0 Å². The Hall–Kier alpha value is -0.0800. The van der Waals surface area contributed by atoms with Crippen molar-refractivity contribution in [1.82, 2.24) is 4.90 Å². The van der Waals surface area contributed by atoms with Crippen molar-refractivity contribution in [2.24, 2.45) is 5.73 Å². The molecule has 2 fully saturated rings. The molecule has 1 aliphatic heterocycles. The van der Waals surface area contributed by atoms with E-state index in [4.69, 9.17) is 5.73 Å². The van der Waals surface area contributed by atoms with Gasteiger partial charge < -0.3 is 10.6 Å². The number of hydrogen-bond acceptors (Lipinski definition) is 2. The summed E-state index contributed by atoms with van der Waals surface area (Å²) < 4.78 is 0. The average Bonchev–Trinajstić information content (AvgIpc) is 2.70. The molecule has 1 heterocycles. The highest BCUT2D eigenvalue weighted by molar-refractivity contribution is 5.08. The summed E-state index contributed by atoms with van der Waals surface area (Å²) in [7, 11) is 2.22. The Morgan fingerprint density at radius 3 is 2.64 bits per heavy atom. The van der Waals surface area contributed by atoms with Crippen LogP contribution in [0, 0.1) is 0 Å². The van der Waals surface area contributed by atoms with Crippen LogP contribution in [-0.2, 0) is 0 Å². The third kappa shape index (κ3) is 1.30. The molecular formula is C9H18N2. The van der Waals surface area contributed by atoms with Crippen molar-refractivity contribution in [2.75, 3.05) is 13.6 Å². The summed E-state index contributed by atoms with van der Waals surface area (Å²) in [5.74, 6) is 0. The van der Waals surface area contributed by atoms with Crippen LogP contribution in [-0.4, -0.2) is 30.1 Å². The van der Waals surface area contributed by atoms with Crippen LogP contribution in [0.15, 0.2) is 0 Å². The fourth-order valence-electron chi connectivity index (χ4n) is 2.28. The number of likely N-dealkylation sites (N-methyl/N-ethyl adjacent to an activating group) is 1. The molecule has 0 aromatic rings. The molecule has 1 unspecified atom stereocenters. The van der Waals surface area contributed by atoms with Gasteiger partial charge in [-0.15, -0.1) is 0 Å². The van der Waals surface area contributed by atoms with E-state index >= 15 is 0 Å². The van der Waals surface area contributed by atoms with Crippen LogP contribution in [0.5, 0.6) is 0 Å². The standard InChI is InChI=1S/C9H18N2/c1-11-7-3-2-4-8(11)9(10)5-6-9/h8H,2-7,10H2,1H3. The molecule has 0 spiro atoms. The molecule has 1 saturated carbocycles. The average molecular weight is 154 g/mol. The summed E-state index contributed by atoms with van der Waals surface area (Å²) >= 11 is 0. The Morgan fingerprint density at radius 1 is 1.36 bits per heavy atom. The molecule has 0 aromatic carbocycles. The van der Waals surface area contributed by atoms with Gasteiger partial charge in [-0.1, -0.05) is 6.42 Å². The van der Waals surface area contributed by atoms with E-state index in [-0.39, 0.29) is 5.54 Å². The Bertz CT molecular complexity index is 152. The van der Waals surface area contributed by atoms with E-state index in [1.807, 2.05) is 0 Å². The van der Waals surface area contributed by atoms with E-state index in [0.29, 0.717) is 6.04 Å². The molecule has 1 aliphatic carbocycles. The maximum atomic E-state index is 6.17. The smallest absolute Gasteiger partial charge is 0.0313 e. The zero-order chi connectivity index (χ0) is 7.90. The van der Waals surface area contributed by atoms with E-state index in [1.54, 1.807) is 0 Å². The molecule has 0 radical (unpaired) electrons. The minimum atomic E-state index is 0.217. The van der Waals surface area contributed by atoms with Crippen LogP contribution in [0.4, 0.5) is 0 Å². The van der Waals surface area contributed by atoms with Crippen molar-refractivity contribution in [3.8, 4) is 0 Å². The van der Waals surface area contributed by atoms with E-state index in [2.05, 4.69) is 11.9 Å². The van der Waals surface area contributed by atoms with Crippen molar-refractivity contribution in [3.05, 3.63) is 0 Å². The van der Waals surface area contributed by atoms with Crippen LogP contribution in [0.2, 0.25) is 0 Å². The number of piperidine rings is 1. The molecule has 0 aromatic heterocycles. The first-order valence-corrected chi connectivity index (χ1v) is 4.71. The topological polar surface area (TPSA) is 29.3 Å². The highest BCUT2D eigenvalue weighted by Gasteiger charge is 2.47. The Morgan fingerprint density at radius 2 is 2.09 bits per heavy atom. The molecule has 2 aliphatic rings. The highest BCUT2D eigenvalue weighted by Crippen LogP contribution is 2.41. The highest BCUT2D eigenvalue weighted by atomic mass is 15.2. The lowest BCUT2D eigenvalue weighted by Crippen LogP contribution is -2.50. The molecule has 0 amide bonds. The molecule has 2 rings (SSSR count). The summed E-state index contributed by atoms with van der Waals surface area (Å²) in [5.41, 5.74) is 6.39.